The molecule has 248 valence electrons. The minimum Gasteiger partial charge on any atom is -0.475 e. The molecule has 48 heavy (non-hydrogen) atoms. The Labute approximate surface area is 282 Å². The topological polar surface area (TPSA) is 130 Å². The van der Waals surface area contributed by atoms with E-state index in [1.165, 1.54) is 24.4 Å². The molecule has 2 N–H and O–H groups in total. The highest BCUT2D eigenvalue weighted by atomic mass is 32.2. The summed E-state index contributed by atoms with van der Waals surface area (Å²) in [6.45, 7) is 7.41. The number of anilines is 3. The third-order valence-corrected chi connectivity index (χ3v) is 11.4. The summed E-state index contributed by atoms with van der Waals surface area (Å²) in [6, 6.07) is 16.2. The van der Waals surface area contributed by atoms with Crippen LogP contribution in [0, 0.1) is 12.7 Å². The number of para-hydroxylation sites is 1. The van der Waals surface area contributed by atoms with Gasteiger partial charge >= 0.3 is 0 Å². The molecular formula is C34H34FN7O4S2. The number of carbonyl (C=O) groups is 1. The molecule has 5 aromatic rings. The number of amides is 1. The zero-order valence-corrected chi connectivity index (χ0v) is 28.5. The molecule has 0 aliphatic carbocycles. The van der Waals surface area contributed by atoms with Gasteiger partial charge in [0.05, 0.1) is 23.1 Å². The Hall–Kier alpha value is -4.66. The van der Waals surface area contributed by atoms with Crippen LogP contribution in [0.1, 0.15) is 25.1 Å². The van der Waals surface area contributed by atoms with E-state index in [1.54, 1.807) is 31.1 Å². The molecule has 1 spiro atoms. The fraction of sp³-hybridized carbons (Fsp3) is 0.294. The van der Waals surface area contributed by atoms with Crippen molar-refractivity contribution in [2.45, 2.75) is 36.4 Å². The van der Waals surface area contributed by atoms with Crippen LogP contribution < -0.4 is 24.6 Å². The lowest BCUT2D eigenvalue weighted by Crippen LogP contribution is -2.64. The lowest BCUT2D eigenvalue weighted by atomic mass is 9.73. The van der Waals surface area contributed by atoms with Gasteiger partial charge in [0, 0.05) is 72.8 Å². The number of benzene rings is 2. The molecule has 2 aliphatic rings. The zero-order valence-electron chi connectivity index (χ0n) is 26.8. The van der Waals surface area contributed by atoms with Crippen LogP contribution >= 0.6 is 11.5 Å². The number of nitrogens with zero attached hydrogens (tertiary/aromatic N) is 5. The fourth-order valence-corrected chi connectivity index (χ4v) is 8.39. The van der Waals surface area contributed by atoms with Crippen LogP contribution in [0.15, 0.2) is 71.2 Å². The van der Waals surface area contributed by atoms with E-state index in [4.69, 9.17) is 4.74 Å². The molecule has 0 saturated carbocycles. The summed E-state index contributed by atoms with van der Waals surface area (Å²) in [5.74, 6) is -0.542. The molecule has 1 amide bonds. The molecule has 3 aromatic heterocycles. The van der Waals surface area contributed by atoms with Crippen molar-refractivity contribution in [2.24, 2.45) is 0 Å². The summed E-state index contributed by atoms with van der Waals surface area (Å²) in [5, 5.41) is 3.89. The Balaban J connectivity index is 1.30. The third kappa shape index (κ3) is 5.53. The monoisotopic (exact) mass is 687 g/mol. The third-order valence-electron chi connectivity index (χ3n) is 8.70. The first kappa shape index (κ1) is 31.9. The van der Waals surface area contributed by atoms with Crippen molar-refractivity contribution >= 4 is 55.4 Å². The summed E-state index contributed by atoms with van der Waals surface area (Å²) in [7, 11) is -2.31. The van der Waals surface area contributed by atoms with Crippen LogP contribution in [0.25, 0.3) is 22.0 Å². The molecule has 0 radical (unpaired) electrons. The van der Waals surface area contributed by atoms with Gasteiger partial charge in [0.15, 0.2) is 4.21 Å². The van der Waals surface area contributed by atoms with E-state index >= 15 is 4.39 Å². The van der Waals surface area contributed by atoms with Crippen LogP contribution in [0.5, 0.6) is 5.88 Å². The first-order valence-electron chi connectivity index (χ1n) is 15.5. The lowest BCUT2D eigenvalue weighted by molar-refractivity contribution is -0.123. The molecule has 14 heteroatoms. The molecule has 0 atom stereocenters. The summed E-state index contributed by atoms with van der Waals surface area (Å²) in [4.78, 5) is 26.5. The van der Waals surface area contributed by atoms with Crippen molar-refractivity contribution in [1.82, 2.24) is 19.7 Å². The average Bonchev–Trinajstić information content (AvgIpc) is 3.58. The van der Waals surface area contributed by atoms with Gasteiger partial charge in [-0.3, -0.25) is 14.5 Å². The van der Waals surface area contributed by atoms with Gasteiger partial charge in [-0.1, -0.05) is 32.0 Å². The summed E-state index contributed by atoms with van der Waals surface area (Å²) < 4.78 is 55.2. The lowest BCUT2D eigenvalue weighted by Gasteiger charge is -2.48. The number of pyridine rings is 2. The van der Waals surface area contributed by atoms with E-state index in [2.05, 4.69) is 29.3 Å². The molecule has 0 unspecified atom stereocenters. The number of halogens is 1. The molecule has 1 fully saturated rings. The normalized spacial score (nSPS) is 15.3. The number of aromatic nitrogens is 3. The van der Waals surface area contributed by atoms with Gasteiger partial charge in [-0.15, -0.1) is 0 Å². The number of fused-ring (bicyclic) bond motifs is 4. The Morgan fingerprint density at radius 2 is 1.85 bits per heavy atom. The average molecular weight is 688 g/mol. The maximum absolute atomic E-state index is 15.9. The summed E-state index contributed by atoms with van der Waals surface area (Å²) in [6.07, 6.45) is 3.08. The summed E-state index contributed by atoms with van der Waals surface area (Å²) in [5.41, 5.74) is 3.25. The number of nitrogens with one attached hydrogen (secondary N) is 2. The minimum atomic E-state index is -4.04. The second-order valence-electron chi connectivity index (χ2n) is 12.4. The van der Waals surface area contributed by atoms with Gasteiger partial charge in [-0.05, 0) is 48.8 Å². The van der Waals surface area contributed by atoms with Gasteiger partial charge in [0.25, 0.3) is 10.0 Å². The van der Waals surface area contributed by atoms with Crippen molar-refractivity contribution in [3.05, 3.63) is 84.1 Å². The smallest absolute Gasteiger partial charge is 0.273 e. The fourth-order valence-electron chi connectivity index (χ4n) is 6.38. The molecule has 2 aromatic carbocycles. The largest absolute Gasteiger partial charge is 0.475 e. The molecular weight excluding hydrogens is 654 g/mol. The van der Waals surface area contributed by atoms with Crippen molar-refractivity contribution in [3.63, 3.8) is 0 Å². The van der Waals surface area contributed by atoms with E-state index in [1.807, 2.05) is 44.2 Å². The van der Waals surface area contributed by atoms with Crippen molar-refractivity contribution in [1.29, 1.82) is 0 Å². The molecule has 0 bridgehead atoms. The first-order chi connectivity index (χ1) is 23.0. The number of carbonyl (C=O) groups excluding carboxylic acids is 1. The number of rotatable bonds is 10. The Morgan fingerprint density at radius 1 is 1.08 bits per heavy atom. The van der Waals surface area contributed by atoms with Gasteiger partial charge in [-0.2, -0.15) is 4.37 Å². The van der Waals surface area contributed by atoms with Crippen LogP contribution in [-0.4, -0.2) is 68.0 Å². The van der Waals surface area contributed by atoms with Crippen LogP contribution in [0.2, 0.25) is 0 Å². The predicted octanol–water partition coefficient (Wildman–Crippen LogP) is 5.11. The first-order valence-corrected chi connectivity index (χ1v) is 17.8. The minimum absolute atomic E-state index is 0.0282. The molecule has 11 nitrogen and oxygen atoms in total. The second-order valence-corrected chi connectivity index (χ2v) is 15.1. The number of hydrogen-bond donors (Lipinski definition) is 2. The second kappa shape index (κ2) is 12.1. The predicted molar refractivity (Wildman–Crippen MR) is 185 cm³/mol. The number of sulfonamides is 1. The Kier molecular flexibility index (Phi) is 8.04. The highest BCUT2D eigenvalue weighted by Crippen LogP contribution is 2.51. The van der Waals surface area contributed by atoms with Crippen molar-refractivity contribution in [3.8, 4) is 17.0 Å². The number of ether oxygens (including phenoxy) is 1. The quantitative estimate of drug-likeness (QED) is 0.193. The molecule has 7 rings (SSSR count). The van der Waals surface area contributed by atoms with Gasteiger partial charge in [-0.25, -0.2) is 17.8 Å². The SMILES string of the molecule is Cc1cc(S(=O)(=O)Nc2cc(-c3cc4c5c(cnc4cc3F)N(C)C(=O)C53CN(c4ccccc4)C3)cnc2OCCNC(C)C)sn1. The van der Waals surface area contributed by atoms with Gasteiger partial charge in [0.1, 0.15) is 23.5 Å². The maximum Gasteiger partial charge on any atom is 0.273 e. The van der Waals surface area contributed by atoms with Gasteiger partial charge < -0.3 is 19.9 Å². The van der Waals surface area contributed by atoms with E-state index in [9.17, 15) is 13.2 Å². The number of aryl methyl sites for hydroxylation is 1. The number of likely N-dealkylation sites (N-methyl/N-ethyl adjacent to an activating group) is 1. The zero-order chi connectivity index (χ0) is 33.8. The van der Waals surface area contributed by atoms with Crippen molar-refractivity contribution in [2.75, 3.05) is 47.8 Å². The summed E-state index contributed by atoms with van der Waals surface area (Å²) >= 11 is 0.855. The molecule has 1 saturated heterocycles. The van der Waals surface area contributed by atoms with E-state index in [0.717, 1.165) is 22.8 Å². The van der Waals surface area contributed by atoms with Crippen molar-refractivity contribution < 1.29 is 22.3 Å². The van der Waals surface area contributed by atoms with E-state index in [0.29, 0.717) is 47.5 Å². The number of hydrogen-bond acceptors (Lipinski definition) is 10. The highest BCUT2D eigenvalue weighted by Gasteiger charge is 2.58. The van der Waals surface area contributed by atoms with E-state index < -0.39 is 21.3 Å². The Bertz CT molecular complexity index is 2150. The van der Waals surface area contributed by atoms with Crippen LogP contribution in [-0.2, 0) is 20.2 Å². The standard InChI is InChI=1S/C34H34FN7O4S2/c1-20(2)36-10-11-46-32-28(40-48(44,45)30-12-21(3)39-47-30)13-22(16-38-32)24-14-25-27(15-26(24)35)37-17-29-31(25)34(33(43)41(29)4)18-42(19-34)23-8-6-5-7-9-23/h5-9,12-17,20,36,40H,10-11,18-19H2,1-4H3. The Morgan fingerprint density at radius 3 is 2.56 bits per heavy atom. The maximum atomic E-state index is 15.9. The van der Waals surface area contributed by atoms with Gasteiger partial charge in [0.2, 0.25) is 11.8 Å². The molecule has 2 aliphatic heterocycles. The highest BCUT2D eigenvalue weighted by molar-refractivity contribution is 7.94. The molecule has 5 heterocycles. The van der Waals surface area contributed by atoms with E-state index in [-0.39, 0.29) is 39.9 Å². The van der Waals surface area contributed by atoms with Crippen LogP contribution in [0.4, 0.5) is 21.5 Å². The van der Waals surface area contributed by atoms with Crippen LogP contribution in [0.3, 0.4) is 0 Å².